The zero-order valence-electron chi connectivity index (χ0n) is 6.49. The van der Waals surface area contributed by atoms with Gasteiger partial charge in [-0.1, -0.05) is 5.16 Å². The topological polar surface area (TPSA) is 48.2 Å². The second kappa shape index (κ2) is 3.41. The molecule has 1 aromatic rings. The van der Waals surface area contributed by atoms with Gasteiger partial charge in [-0.25, -0.2) is 0 Å². The van der Waals surface area contributed by atoms with Crippen LogP contribution in [0, 0.1) is 0 Å². The van der Waals surface area contributed by atoms with Crippen LogP contribution in [0.5, 0.6) is 0 Å². The zero-order valence-corrected chi connectivity index (χ0v) is 7.25. The Morgan fingerprint density at radius 1 is 1.58 bits per heavy atom. The van der Waals surface area contributed by atoms with E-state index in [1.807, 2.05) is 0 Å². The predicted octanol–water partition coefficient (Wildman–Crippen LogP) is 1.31. The van der Waals surface area contributed by atoms with Gasteiger partial charge in [0.15, 0.2) is 5.82 Å². The summed E-state index contributed by atoms with van der Waals surface area (Å²) in [6.45, 7) is 1.48. The molecule has 2 heterocycles. The minimum absolute atomic E-state index is 0.278. The molecule has 1 aromatic heterocycles. The number of halogens is 1. The summed E-state index contributed by atoms with van der Waals surface area (Å²) in [4.78, 5) is 4.12. The average molecular weight is 189 g/mol. The fourth-order valence-corrected chi connectivity index (χ4v) is 1.33. The summed E-state index contributed by atoms with van der Waals surface area (Å²) < 4.78 is 10.1. The summed E-state index contributed by atoms with van der Waals surface area (Å²) in [6, 6.07) is 0. The normalized spacial score (nSPS) is 23.2. The van der Waals surface area contributed by atoms with Crippen molar-refractivity contribution in [2.24, 2.45) is 0 Å². The molecule has 1 aliphatic rings. The van der Waals surface area contributed by atoms with Gasteiger partial charge in [-0.2, -0.15) is 4.98 Å². The Hall–Kier alpha value is -0.610. The molecule has 66 valence electrons. The zero-order chi connectivity index (χ0) is 8.39. The lowest BCUT2D eigenvalue weighted by atomic mass is 10.1. The largest absolute Gasteiger partial charge is 0.381 e. The Morgan fingerprint density at radius 3 is 3.08 bits per heavy atom. The van der Waals surface area contributed by atoms with E-state index in [1.54, 1.807) is 0 Å². The van der Waals surface area contributed by atoms with Crippen molar-refractivity contribution in [3.63, 3.8) is 0 Å². The first-order chi connectivity index (χ1) is 5.90. The number of rotatable bonds is 2. The van der Waals surface area contributed by atoms with Gasteiger partial charge < -0.3 is 9.26 Å². The van der Waals surface area contributed by atoms with E-state index < -0.39 is 0 Å². The molecule has 0 saturated carbocycles. The summed E-state index contributed by atoms with van der Waals surface area (Å²) in [7, 11) is 0. The van der Waals surface area contributed by atoms with Crippen LogP contribution in [-0.2, 0) is 10.6 Å². The standard InChI is InChI=1S/C7H9ClN2O2/c8-3-6-9-7(10-12-6)5-1-2-11-4-5/h5H,1-4H2. The van der Waals surface area contributed by atoms with Gasteiger partial charge in [0.05, 0.1) is 6.61 Å². The number of alkyl halides is 1. The van der Waals surface area contributed by atoms with E-state index in [0.29, 0.717) is 18.4 Å². The SMILES string of the molecule is ClCc1nc(C2CCOC2)no1. The maximum absolute atomic E-state index is 5.52. The Kier molecular flexibility index (Phi) is 2.28. The highest BCUT2D eigenvalue weighted by molar-refractivity contribution is 6.16. The van der Waals surface area contributed by atoms with Gasteiger partial charge in [0, 0.05) is 12.5 Å². The number of aromatic nitrogens is 2. The van der Waals surface area contributed by atoms with Gasteiger partial charge in [0.2, 0.25) is 5.89 Å². The van der Waals surface area contributed by atoms with Crippen LogP contribution >= 0.6 is 11.6 Å². The number of ether oxygens (including phenoxy) is 1. The fraction of sp³-hybridized carbons (Fsp3) is 0.714. The maximum atomic E-state index is 5.52. The van der Waals surface area contributed by atoms with Crippen LogP contribution < -0.4 is 0 Å². The minimum Gasteiger partial charge on any atom is -0.381 e. The minimum atomic E-state index is 0.278. The van der Waals surface area contributed by atoms with E-state index in [-0.39, 0.29) is 5.88 Å². The van der Waals surface area contributed by atoms with Crippen molar-refractivity contribution in [2.75, 3.05) is 13.2 Å². The molecule has 0 spiro atoms. The first-order valence-corrected chi connectivity index (χ1v) is 4.40. The fourth-order valence-electron chi connectivity index (χ4n) is 1.23. The quantitative estimate of drug-likeness (QED) is 0.657. The van der Waals surface area contributed by atoms with Crippen LogP contribution in [0.2, 0.25) is 0 Å². The molecule has 0 radical (unpaired) electrons. The third kappa shape index (κ3) is 1.44. The van der Waals surface area contributed by atoms with Crippen LogP contribution in [0.25, 0.3) is 0 Å². The van der Waals surface area contributed by atoms with E-state index in [4.69, 9.17) is 20.9 Å². The summed E-state index contributed by atoms with van der Waals surface area (Å²) in [5.41, 5.74) is 0. The molecule has 2 rings (SSSR count). The molecular formula is C7H9ClN2O2. The summed E-state index contributed by atoms with van der Waals surface area (Å²) >= 11 is 5.52. The van der Waals surface area contributed by atoms with Crippen LogP contribution in [0.1, 0.15) is 24.1 Å². The van der Waals surface area contributed by atoms with Crippen molar-refractivity contribution >= 4 is 11.6 Å². The second-order valence-corrected chi connectivity index (χ2v) is 3.01. The number of nitrogens with zero attached hydrogens (tertiary/aromatic N) is 2. The van der Waals surface area contributed by atoms with Gasteiger partial charge >= 0.3 is 0 Å². The van der Waals surface area contributed by atoms with Crippen LogP contribution in [-0.4, -0.2) is 23.4 Å². The molecule has 12 heavy (non-hydrogen) atoms. The molecule has 1 saturated heterocycles. The van der Waals surface area contributed by atoms with Gasteiger partial charge in [-0.05, 0) is 6.42 Å². The molecule has 0 aromatic carbocycles. The predicted molar refractivity (Wildman–Crippen MR) is 42.0 cm³/mol. The van der Waals surface area contributed by atoms with Gasteiger partial charge in [0.25, 0.3) is 0 Å². The van der Waals surface area contributed by atoms with Gasteiger partial charge in [-0.3, -0.25) is 0 Å². The Bertz CT molecular complexity index is 258. The van der Waals surface area contributed by atoms with E-state index in [1.165, 1.54) is 0 Å². The van der Waals surface area contributed by atoms with Crippen molar-refractivity contribution in [1.82, 2.24) is 10.1 Å². The average Bonchev–Trinajstić information content (AvgIpc) is 2.75. The summed E-state index contributed by atoms with van der Waals surface area (Å²) in [5.74, 6) is 1.79. The molecule has 4 nitrogen and oxygen atoms in total. The summed E-state index contributed by atoms with van der Waals surface area (Å²) in [5, 5.41) is 3.82. The van der Waals surface area contributed by atoms with Crippen molar-refractivity contribution < 1.29 is 9.26 Å². The molecule has 0 N–H and O–H groups in total. The third-order valence-electron chi connectivity index (χ3n) is 1.89. The number of hydrogen-bond acceptors (Lipinski definition) is 4. The lowest BCUT2D eigenvalue weighted by molar-refractivity contribution is 0.192. The molecule has 0 amide bonds. The highest BCUT2D eigenvalue weighted by Gasteiger charge is 2.22. The molecule has 0 bridgehead atoms. The monoisotopic (exact) mass is 188 g/mol. The maximum Gasteiger partial charge on any atom is 0.241 e. The Labute approximate surface area is 74.9 Å². The second-order valence-electron chi connectivity index (χ2n) is 2.74. The third-order valence-corrected chi connectivity index (χ3v) is 2.12. The molecule has 5 heteroatoms. The van der Waals surface area contributed by atoms with Crippen LogP contribution in [0.4, 0.5) is 0 Å². The molecule has 1 unspecified atom stereocenters. The lowest BCUT2D eigenvalue weighted by Crippen LogP contribution is -1.99. The first-order valence-electron chi connectivity index (χ1n) is 3.86. The van der Waals surface area contributed by atoms with E-state index >= 15 is 0 Å². The van der Waals surface area contributed by atoms with Gasteiger partial charge in [0.1, 0.15) is 5.88 Å². The van der Waals surface area contributed by atoms with Crippen molar-refractivity contribution in [3.8, 4) is 0 Å². The highest BCUT2D eigenvalue weighted by atomic mass is 35.5. The van der Waals surface area contributed by atoms with Crippen molar-refractivity contribution in [3.05, 3.63) is 11.7 Å². The van der Waals surface area contributed by atoms with Crippen LogP contribution in [0.3, 0.4) is 0 Å². The van der Waals surface area contributed by atoms with Crippen LogP contribution in [0.15, 0.2) is 4.52 Å². The molecular weight excluding hydrogens is 180 g/mol. The smallest absolute Gasteiger partial charge is 0.241 e. The number of hydrogen-bond donors (Lipinski definition) is 0. The summed E-state index contributed by atoms with van der Waals surface area (Å²) in [6.07, 6.45) is 0.973. The molecule has 0 aliphatic carbocycles. The molecule has 1 aliphatic heterocycles. The van der Waals surface area contributed by atoms with Crippen molar-refractivity contribution in [1.29, 1.82) is 0 Å². The Balaban J connectivity index is 2.11. The van der Waals surface area contributed by atoms with E-state index in [0.717, 1.165) is 18.9 Å². The lowest BCUT2D eigenvalue weighted by Gasteiger charge is -1.97. The highest BCUT2D eigenvalue weighted by Crippen LogP contribution is 2.22. The Morgan fingerprint density at radius 2 is 2.50 bits per heavy atom. The van der Waals surface area contributed by atoms with E-state index in [9.17, 15) is 0 Å². The first kappa shape index (κ1) is 8.01. The van der Waals surface area contributed by atoms with Crippen molar-refractivity contribution in [2.45, 2.75) is 18.2 Å². The molecule has 1 atom stereocenters. The molecule has 1 fully saturated rings. The van der Waals surface area contributed by atoms with Gasteiger partial charge in [-0.15, -0.1) is 11.6 Å². The van der Waals surface area contributed by atoms with E-state index in [2.05, 4.69) is 10.1 Å².